The third kappa shape index (κ3) is 2.41. The first kappa shape index (κ1) is 13.8. The van der Waals surface area contributed by atoms with Gasteiger partial charge in [0.1, 0.15) is 11.6 Å². The fourth-order valence-corrected chi connectivity index (χ4v) is 2.67. The molecule has 1 aromatic heterocycles. The van der Waals surface area contributed by atoms with Crippen molar-refractivity contribution in [1.29, 1.82) is 5.26 Å². The molecule has 1 saturated heterocycles. The average Bonchev–Trinajstić information content (AvgIpc) is 2.76. The van der Waals surface area contributed by atoms with Crippen molar-refractivity contribution in [3.05, 3.63) is 16.8 Å². The van der Waals surface area contributed by atoms with Crippen molar-refractivity contribution in [3.8, 4) is 6.07 Å². The molecule has 2 heterocycles. The second kappa shape index (κ2) is 5.54. The molecular weight excluding hydrogens is 238 g/mol. The van der Waals surface area contributed by atoms with Crippen LogP contribution in [0.15, 0.2) is 0 Å². The van der Waals surface area contributed by atoms with E-state index in [0.717, 1.165) is 37.2 Å². The number of anilines is 1. The lowest BCUT2D eigenvalue weighted by Gasteiger charge is -2.19. The molecule has 0 amide bonds. The van der Waals surface area contributed by atoms with Crippen molar-refractivity contribution in [2.45, 2.75) is 39.7 Å². The van der Waals surface area contributed by atoms with Crippen molar-refractivity contribution >= 4 is 5.82 Å². The normalized spacial score (nSPS) is 22.6. The van der Waals surface area contributed by atoms with Crippen LogP contribution in [-0.4, -0.2) is 29.3 Å². The summed E-state index contributed by atoms with van der Waals surface area (Å²) in [6.07, 6.45) is 1.62. The van der Waals surface area contributed by atoms with Crippen LogP contribution in [0, 0.1) is 17.2 Å². The average molecular weight is 259 g/mol. The molecule has 0 aliphatic carbocycles. The number of nitriles is 1. The summed E-state index contributed by atoms with van der Waals surface area (Å²) < 4.78 is 0. The van der Waals surface area contributed by atoms with Crippen LogP contribution in [0.25, 0.3) is 0 Å². The van der Waals surface area contributed by atoms with Crippen LogP contribution in [0.5, 0.6) is 0 Å². The fraction of sp³-hybridized carbons (Fsp3) is 0.643. The maximum Gasteiger partial charge on any atom is 0.169 e. The van der Waals surface area contributed by atoms with Gasteiger partial charge in [0.15, 0.2) is 5.82 Å². The van der Waals surface area contributed by atoms with Crippen molar-refractivity contribution in [2.24, 2.45) is 11.7 Å². The Morgan fingerprint density at radius 3 is 2.53 bits per heavy atom. The molecule has 19 heavy (non-hydrogen) atoms. The van der Waals surface area contributed by atoms with Crippen LogP contribution in [0.4, 0.5) is 5.82 Å². The molecule has 1 aromatic rings. The van der Waals surface area contributed by atoms with E-state index in [1.54, 1.807) is 0 Å². The van der Waals surface area contributed by atoms with Crippen LogP contribution in [0.1, 0.15) is 37.6 Å². The number of rotatable bonds is 3. The molecule has 2 atom stereocenters. The van der Waals surface area contributed by atoms with E-state index in [9.17, 15) is 5.26 Å². The second-order valence-electron chi connectivity index (χ2n) is 5.19. The van der Waals surface area contributed by atoms with Gasteiger partial charge < -0.3 is 10.6 Å². The quantitative estimate of drug-likeness (QED) is 0.884. The molecule has 0 radical (unpaired) electrons. The largest absolute Gasteiger partial charge is 0.352 e. The van der Waals surface area contributed by atoms with Crippen molar-refractivity contribution in [2.75, 3.05) is 18.0 Å². The molecule has 0 aromatic carbocycles. The molecule has 1 aliphatic rings. The van der Waals surface area contributed by atoms with E-state index in [-0.39, 0.29) is 6.04 Å². The predicted octanol–water partition coefficient (Wildman–Crippen LogP) is 1.26. The summed E-state index contributed by atoms with van der Waals surface area (Å²) in [4.78, 5) is 2.10. The van der Waals surface area contributed by atoms with Crippen LogP contribution in [0.3, 0.4) is 0 Å². The fourth-order valence-electron chi connectivity index (χ4n) is 2.67. The van der Waals surface area contributed by atoms with Crippen molar-refractivity contribution in [3.63, 3.8) is 0 Å². The van der Waals surface area contributed by atoms with Crippen molar-refractivity contribution < 1.29 is 0 Å². The highest BCUT2D eigenvalue weighted by atomic mass is 15.3. The summed E-state index contributed by atoms with van der Waals surface area (Å²) in [7, 11) is 0. The monoisotopic (exact) mass is 259 g/mol. The molecule has 2 N–H and O–H groups in total. The zero-order valence-corrected chi connectivity index (χ0v) is 11.8. The topological polar surface area (TPSA) is 78.8 Å². The smallest absolute Gasteiger partial charge is 0.169 e. The van der Waals surface area contributed by atoms with Crippen LogP contribution >= 0.6 is 0 Å². The van der Waals surface area contributed by atoms with E-state index < -0.39 is 0 Å². The van der Waals surface area contributed by atoms with E-state index in [2.05, 4.69) is 35.0 Å². The Bertz CT molecular complexity index is 495. The molecule has 5 heteroatoms. The first-order valence-electron chi connectivity index (χ1n) is 6.91. The van der Waals surface area contributed by atoms with Gasteiger partial charge >= 0.3 is 0 Å². The van der Waals surface area contributed by atoms with Gasteiger partial charge in [0, 0.05) is 19.1 Å². The Kier molecular flexibility index (Phi) is 4.01. The molecular formula is C14H21N5. The molecule has 0 saturated carbocycles. The minimum atomic E-state index is 0.143. The molecule has 0 spiro atoms. The Morgan fingerprint density at radius 2 is 2.05 bits per heavy atom. The van der Waals surface area contributed by atoms with Gasteiger partial charge in [-0.05, 0) is 24.3 Å². The van der Waals surface area contributed by atoms with Gasteiger partial charge in [0.2, 0.25) is 0 Å². The highest BCUT2D eigenvalue weighted by molar-refractivity contribution is 5.58. The summed E-state index contributed by atoms with van der Waals surface area (Å²) >= 11 is 0. The SMILES string of the molecule is CCc1nnc(N2CC(C)C(N)C2)c(C#N)c1CC. The maximum atomic E-state index is 9.47. The zero-order chi connectivity index (χ0) is 14.0. The number of nitrogens with two attached hydrogens (primary N) is 1. The number of hydrogen-bond donors (Lipinski definition) is 1. The molecule has 102 valence electrons. The lowest BCUT2D eigenvalue weighted by atomic mass is 10.0. The summed E-state index contributed by atoms with van der Waals surface area (Å²) in [6, 6.07) is 2.45. The summed E-state index contributed by atoms with van der Waals surface area (Å²) in [6.45, 7) is 7.82. The third-order valence-electron chi connectivity index (χ3n) is 3.91. The van der Waals surface area contributed by atoms with Gasteiger partial charge in [-0.2, -0.15) is 10.4 Å². The van der Waals surface area contributed by atoms with Crippen molar-refractivity contribution in [1.82, 2.24) is 10.2 Å². The third-order valence-corrected chi connectivity index (χ3v) is 3.91. The minimum Gasteiger partial charge on any atom is -0.352 e. The van der Waals surface area contributed by atoms with Gasteiger partial charge in [-0.25, -0.2) is 0 Å². The number of aromatic nitrogens is 2. The lowest BCUT2D eigenvalue weighted by Crippen LogP contribution is -2.29. The maximum absolute atomic E-state index is 9.47. The van der Waals surface area contributed by atoms with E-state index in [4.69, 9.17) is 5.73 Å². The standard InChI is InChI=1S/C14H21N5/c1-4-10-11(6-15)14(18-17-13(10)5-2)19-7-9(3)12(16)8-19/h9,12H,4-5,7-8,16H2,1-3H3. The highest BCUT2D eigenvalue weighted by Crippen LogP contribution is 2.27. The minimum absolute atomic E-state index is 0.143. The molecule has 2 rings (SSSR count). The van der Waals surface area contributed by atoms with Crippen LogP contribution < -0.4 is 10.6 Å². The van der Waals surface area contributed by atoms with E-state index in [0.29, 0.717) is 17.3 Å². The Balaban J connectivity index is 2.45. The molecule has 2 unspecified atom stereocenters. The van der Waals surface area contributed by atoms with E-state index >= 15 is 0 Å². The molecule has 5 nitrogen and oxygen atoms in total. The number of aryl methyl sites for hydroxylation is 1. The zero-order valence-electron chi connectivity index (χ0n) is 11.8. The highest BCUT2D eigenvalue weighted by Gasteiger charge is 2.30. The molecule has 1 aliphatic heterocycles. The first-order chi connectivity index (χ1) is 9.12. The first-order valence-corrected chi connectivity index (χ1v) is 6.91. The Morgan fingerprint density at radius 1 is 1.32 bits per heavy atom. The predicted molar refractivity (Wildman–Crippen MR) is 74.9 cm³/mol. The molecule has 0 bridgehead atoms. The van der Waals surface area contributed by atoms with Gasteiger partial charge in [-0.1, -0.05) is 20.8 Å². The Labute approximate surface area is 114 Å². The van der Waals surface area contributed by atoms with Crippen LogP contribution in [-0.2, 0) is 12.8 Å². The summed E-state index contributed by atoms with van der Waals surface area (Å²) in [5.74, 6) is 1.13. The molecule has 1 fully saturated rings. The van der Waals surface area contributed by atoms with Gasteiger partial charge in [-0.15, -0.1) is 5.10 Å². The van der Waals surface area contributed by atoms with E-state index in [1.165, 1.54) is 0 Å². The summed E-state index contributed by atoms with van der Waals surface area (Å²) in [5.41, 5.74) is 8.69. The number of hydrogen-bond acceptors (Lipinski definition) is 5. The lowest BCUT2D eigenvalue weighted by molar-refractivity contribution is 0.566. The second-order valence-corrected chi connectivity index (χ2v) is 5.19. The van der Waals surface area contributed by atoms with Gasteiger partial charge in [0.25, 0.3) is 0 Å². The Hall–Kier alpha value is -1.67. The summed E-state index contributed by atoms with van der Waals surface area (Å²) in [5, 5.41) is 18.0. The van der Waals surface area contributed by atoms with E-state index in [1.807, 2.05) is 6.92 Å². The van der Waals surface area contributed by atoms with Crippen LogP contribution in [0.2, 0.25) is 0 Å². The number of nitrogens with zero attached hydrogens (tertiary/aromatic N) is 4. The van der Waals surface area contributed by atoms with Gasteiger partial charge in [0.05, 0.1) is 5.69 Å². The van der Waals surface area contributed by atoms with Gasteiger partial charge in [-0.3, -0.25) is 0 Å².